The molecule has 0 aliphatic heterocycles. The molecule has 0 bridgehead atoms. The summed E-state index contributed by atoms with van der Waals surface area (Å²) in [5.74, 6) is 0.749. The van der Waals surface area contributed by atoms with Crippen LogP contribution in [0.25, 0.3) is 0 Å². The SMILES string of the molecule is CCCC(CNC)Oc1ccc(Br)cc1Cl. The van der Waals surface area contributed by atoms with E-state index in [1.54, 1.807) is 0 Å². The molecule has 1 aromatic rings. The fourth-order valence-electron chi connectivity index (χ4n) is 1.50. The van der Waals surface area contributed by atoms with E-state index in [-0.39, 0.29) is 6.10 Å². The number of hydrogen-bond donors (Lipinski definition) is 1. The zero-order chi connectivity index (χ0) is 12.0. The van der Waals surface area contributed by atoms with Gasteiger partial charge in [-0.2, -0.15) is 0 Å². The summed E-state index contributed by atoms with van der Waals surface area (Å²) in [5, 5.41) is 3.77. The average Bonchev–Trinajstić information content (AvgIpc) is 2.23. The van der Waals surface area contributed by atoms with E-state index in [2.05, 4.69) is 28.2 Å². The number of ether oxygens (including phenoxy) is 1. The molecule has 0 saturated heterocycles. The van der Waals surface area contributed by atoms with Gasteiger partial charge in [0.15, 0.2) is 0 Å². The summed E-state index contributed by atoms with van der Waals surface area (Å²) in [5.41, 5.74) is 0. The topological polar surface area (TPSA) is 21.3 Å². The van der Waals surface area contributed by atoms with Gasteiger partial charge in [-0.1, -0.05) is 40.9 Å². The molecule has 0 fully saturated rings. The van der Waals surface area contributed by atoms with Crippen LogP contribution < -0.4 is 10.1 Å². The number of likely N-dealkylation sites (N-methyl/N-ethyl adjacent to an activating group) is 1. The lowest BCUT2D eigenvalue weighted by Gasteiger charge is -2.19. The van der Waals surface area contributed by atoms with Crippen LogP contribution >= 0.6 is 27.5 Å². The van der Waals surface area contributed by atoms with E-state index in [1.807, 2.05) is 25.2 Å². The summed E-state index contributed by atoms with van der Waals surface area (Å²) in [6, 6.07) is 5.67. The highest BCUT2D eigenvalue weighted by Gasteiger charge is 2.10. The van der Waals surface area contributed by atoms with E-state index in [4.69, 9.17) is 16.3 Å². The molecule has 0 spiro atoms. The highest BCUT2D eigenvalue weighted by molar-refractivity contribution is 9.10. The Morgan fingerprint density at radius 2 is 2.25 bits per heavy atom. The van der Waals surface area contributed by atoms with Gasteiger partial charge in [0.25, 0.3) is 0 Å². The molecule has 1 aromatic carbocycles. The van der Waals surface area contributed by atoms with Crippen LogP contribution in [0.5, 0.6) is 5.75 Å². The second kappa shape index (κ2) is 7.15. The van der Waals surface area contributed by atoms with Crippen molar-refractivity contribution in [1.82, 2.24) is 5.32 Å². The van der Waals surface area contributed by atoms with Crippen LogP contribution in [0.1, 0.15) is 19.8 Å². The molecule has 0 radical (unpaired) electrons. The van der Waals surface area contributed by atoms with Crippen molar-refractivity contribution in [2.45, 2.75) is 25.9 Å². The van der Waals surface area contributed by atoms with Crippen LogP contribution in [0.15, 0.2) is 22.7 Å². The van der Waals surface area contributed by atoms with Crippen molar-refractivity contribution in [3.8, 4) is 5.75 Å². The monoisotopic (exact) mass is 305 g/mol. The molecule has 0 saturated carbocycles. The molecule has 0 aliphatic rings. The van der Waals surface area contributed by atoms with Gasteiger partial charge in [-0.3, -0.25) is 0 Å². The third-order valence-electron chi connectivity index (χ3n) is 2.23. The lowest BCUT2D eigenvalue weighted by Crippen LogP contribution is -2.29. The van der Waals surface area contributed by atoms with Crippen LogP contribution in [0.2, 0.25) is 5.02 Å². The second-order valence-electron chi connectivity index (χ2n) is 3.66. The molecule has 0 aliphatic carbocycles. The molecule has 1 rings (SSSR count). The third-order valence-corrected chi connectivity index (χ3v) is 3.02. The van der Waals surface area contributed by atoms with Crippen molar-refractivity contribution in [3.63, 3.8) is 0 Å². The maximum Gasteiger partial charge on any atom is 0.138 e. The van der Waals surface area contributed by atoms with Crippen molar-refractivity contribution in [1.29, 1.82) is 0 Å². The molecule has 1 atom stereocenters. The van der Waals surface area contributed by atoms with Gasteiger partial charge in [-0.05, 0) is 31.7 Å². The Kier molecular flexibility index (Phi) is 6.17. The first-order valence-corrected chi connectivity index (χ1v) is 6.60. The van der Waals surface area contributed by atoms with E-state index in [0.29, 0.717) is 5.02 Å². The zero-order valence-electron chi connectivity index (χ0n) is 9.59. The molecule has 16 heavy (non-hydrogen) atoms. The number of benzene rings is 1. The first kappa shape index (κ1) is 13.8. The maximum atomic E-state index is 6.10. The highest BCUT2D eigenvalue weighted by atomic mass is 79.9. The largest absolute Gasteiger partial charge is 0.488 e. The molecule has 4 heteroatoms. The summed E-state index contributed by atoms with van der Waals surface area (Å²) in [6.45, 7) is 2.98. The summed E-state index contributed by atoms with van der Waals surface area (Å²) >= 11 is 9.47. The molecule has 0 amide bonds. The molecule has 0 heterocycles. The molecule has 1 unspecified atom stereocenters. The fourth-order valence-corrected chi connectivity index (χ4v) is 2.22. The minimum Gasteiger partial charge on any atom is -0.488 e. The minimum absolute atomic E-state index is 0.175. The Bertz CT molecular complexity index is 327. The molecule has 2 nitrogen and oxygen atoms in total. The highest BCUT2D eigenvalue weighted by Crippen LogP contribution is 2.28. The normalized spacial score (nSPS) is 12.5. The molecule has 0 aromatic heterocycles. The average molecular weight is 307 g/mol. The smallest absolute Gasteiger partial charge is 0.138 e. The molecule has 90 valence electrons. The number of hydrogen-bond acceptors (Lipinski definition) is 2. The van der Waals surface area contributed by atoms with Crippen LogP contribution in [-0.2, 0) is 0 Å². The number of halogens is 2. The number of rotatable bonds is 6. The Balaban J connectivity index is 2.68. The van der Waals surface area contributed by atoms with Gasteiger partial charge in [0.05, 0.1) is 5.02 Å². The van der Waals surface area contributed by atoms with Gasteiger partial charge in [-0.15, -0.1) is 0 Å². The van der Waals surface area contributed by atoms with Crippen molar-refractivity contribution in [3.05, 3.63) is 27.7 Å². The Hall–Kier alpha value is -0.250. The van der Waals surface area contributed by atoms with Crippen molar-refractivity contribution in [2.24, 2.45) is 0 Å². The predicted molar refractivity (Wildman–Crippen MR) is 72.4 cm³/mol. The van der Waals surface area contributed by atoms with E-state index in [1.165, 1.54) is 0 Å². The van der Waals surface area contributed by atoms with E-state index in [0.717, 1.165) is 29.6 Å². The van der Waals surface area contributed by atoms with Crippen molar-refractivity contribution < 1.29 is 4.74 Å². The molecular weight excluding hydrogens is 289 g/mol. The van der Waals surface area contributed by atoms with Gasteiger partial charge < -0.3 is 10.1 Å². The molecular formula is C12H17BrClNO. The lowest BCUT2D eigenvalue weighted by atomic mass is 10.2. The van der Waals surface area contributed by atoms with Crippen molar-refractivity contribution in [2.75, 3.05) is 13.6 Å². The third kappa shape index (κ3) is 4.32. The van der Waals surface area contributed by atoms with Crippen LogP contribution in [0.3, 0.4) is 0 Å². The Labute approximate surface area is 110 Å². The summed E-state index contributed by atoms with van der Waals surface area (Å²) in [4.78, 5) is 0. The molecule has 1 N–H and O–H groups in total. The van der Waals surface area contributed by atoms with Crippen LogP contribution in [0, 0.1) is 0 Å². The van der Waals surface area contributed by atoms with Gasteiger partial charge in [-0.25, -0.2) is 0 Å². The van der Waals surface area contributed by atoms with E-state index >= 15 is 0 Å². The second-order valence-corrected chi connectivity index (χ2v) is 4.98. The van der Waals surface area contributed by atoms with Crippen LogP contribution in [-0.4, -0.2) is 19.7 Å². The lowest BCUT2D eigenvalue weighted by molar-refractivity contribution is 0.189. The Morgan fingerprint density at radius 3 is 2.81 bits per heavy atom. The number of nitrogens with one attached hydrogen (secondary N) is 1. The quantitative estimate of drug-likeness (QED) is 0.861. The Morgan fingerprint density at radius 1 is 1.50 bits per heavy atom. The van der Waals surface area contributed by atoms with E-state index < -0.39 is 0 Å². The van der Waals surface area contributed by atoms with Crippen molar-refractivity contribution >= 4 is 27.5 Å². The summed E-state index contributed by atoms with van der Waals surface area (Å²) in [7, 11) is 1.93. The zero-order valence-corrected chi connectivity index (χ0v) is 11.9. The van der Waals surface area contributed by atoms with E-state index in [9.17, 15) is 0 Å². The minimum atomic E-state index is 0.175. The van der Waals surface area contributed by atoms with Gasteiger partial charge in [0, 0.05) is 11.0 Å². The maximum absolute atomic E-state index is 6.10. The standard InChI is InChI=1S/C12H17BrClNO/c1-3-4-10(8-15-2)16-12-6-5-9(13)7-11(12)14/h5-7,10,15H,3-4,8H2,1-2H3. The van der Waals surface area contributed by atoms with Gasteiger partial charge >= 0.3 is 0 Å². The van der Waals surface area contributed by atoms with Gasteiger partial charge in [0.1, 0.15) is 11.9 Å². The first-order valence-electron chi connectivity index (χ1n) is 5.43. The first-order chi connectivity index (χ1) is 7.67. The van der Waals surface area contributed by atoms with Crippen LogP contribution in [0.4, 0.5) is 0 Å². The summed E-state index contributed by atoms with van der Waals surface area (Å²) < 4.78 is 6.83. The van der Waals surface area contributed by atoms with Gasteiger partial charge in [0.2, 0.25) is 0 Å². The fraction of sp³-hybridized carbons (Fsp3) is 0.500. The summed E-state index contributed by atoms with van der Waals surface area (Å²) in [6.07, 6.45) is 2.29. The predicted octanol–water partition coefficient (Wildman–Crippen LogP) is 3.87.